The molecule has 8 aromatic heterocycles. The molecule has 13 rings (SSSR count). The van der Waals surface area contributed by atoms with Gasteiger partial charge in [-0.05, 0) is 108 Å². The second-order valence-corrected chi connectivity index (χ2v) is 20.5. The number of pyridine rings is 2. The summed E-state index contributed by atoms with van der Waals surface area (Å²) in [6, 6.07) is 46.5. The summed E-state index contributed by atoms with van der Waals surface area (Å²) in [6.07, 6.45) is 0. The Hall–Kier alpha value is -6.56. The second-order valence-electron chi connectivity index (χ2n) is 16.6. The van der Waals surface area contributed by atoms with Gasteiger partial charge in [0.05, 0.1) is 62.9 Å². The summed E-state index contributed by atoms with van der Waals surface area (Å²) in [4.78, 5) is 32.6. The Morgan fingerprint density at radius 1 is 0.391 bits per heavy atom. The molecular formula is C54H38N4O2S4. The first kappa shape index (κ1) is 37.9. The third kappa shape index (κ3) is 5.59. The smallest absolute Gasteiger partial charge is 0.197 e. The van der Waals surface area contributed by atoms with Crippen molar-refractivity contribution in [2.45, 2.75) is 40.0 Å². The monoisotopic (exact) mass is 902 g/mol. The Labute approximate surface area is 382 Å². The van der Waals surface area contributed by atoms with Gasteiger partial charge in [0, 0.05) is 57.5 Å². The van der Waals surface area contributed by atoms with Crippen LogP contribution in [-0.4, -0.2) is 18.3 Å². The summed E-state index contributed by atoms with van der Waals surface area (Å²) < 4.78 is 14.5. The van der Waals surface area contributed by atoms with Crippen LogP contribution in [0.4, 0.5) is 0 Å². The molecule has 5 aromatic carbocycles. The van der Waals surface area contributed by atoms with E-state index in [2.05, 4.69) is 152 Å². The van der Waals surface area contributed by atoms with Gasteiger partial charge < -0.3 is 18.3 Å². The molecule has 0 amide bonds. The van der Waals surface area contributed by atoms with E-state index in [4.69, 9.17) is 0 Å². The minimum Gasteiger partial charge on any atom is -0.339 e. The minimum absolute atomic E-state index is 0.0344. The Morgan fingerprint density at radius 3 is 1.23 bits per heavy atom. The lowest BCUT2D eigenvalue weighted by Crippen LogP contribution is -2.16. The molecule has 0 atom stereocenters. The summed E-state index contributed by atoms with van der Waals surface area (Å²) >= 11 is 7.17. The molecule has 0 saturated heterocycles. The predicted octanol–water partition coefficient (Wildman–Crippen LogP) is 14.6. The fourth-order valence-corrected chi connectivity index (χ4v) is 14.5. The number of nitrogens with zero attached hydrogens (tertiary/aromatic N) is 4. The standard InChI is InChI=1S/C54H38N4O2S4/c1-3-55-41-19-21-61-51(41)53-45(55)27-47(63-53)33-15-17-39-35(23-33)49(59)37-25-44-38(26-43(37)57(39)29-31-11-7-5-8-12-31)50(60)36-24-34(16-18-40(36)58(44)30-32-13-9-6-10-14-32)48-28-46-54(64-48)52-42(20-22-62-52)56(46)4-2/h5-28H,3-4,29-30H2,1-2H3. The molecule has 0 unspecified atom stereocenters. The van der Waals surface area contributed by atoms with Crippen molar-refractivity contribution in [2.75, 3.05) is 0 Å². The molecule has 0 spiro atoms. The molecule has 0 bridgehead atoms. The summed E-state index contributed by atoms with van der Waals surface area (Å²) in [5, 5.41) is 6.87. The largest absolute Gasteiger partial charge is 0.339 e. The number of thiophene rings is 4. The zero-order chi connectivity index (χ0) is 42.8. The number of benzene rings is 5. The van der Waals surface area contributed by atoms with E-state index in [1.807, 2.05) is 24.3 Å². The van der Waals surface area contributed by atoms with Crippen molar-refractivity contribution in [3.8, 4) is 20.9 Å². The predicted molar refractivity (Wildman–Crippen MR) is 276 cm³/mol. The van der Waals surface area contributed by atoms with Crippen LogP contribution in [0.2, 0.25) is 0 Å². The van der Waals surface area contributed by atoms with E-state index in [1.54, 1.807) is 45.3 Å². The van der Waals surface area contributed by atoms with E-state index in [9.17, 15) is 0 Å². The highest BCUT2D eigenvalue weighted by Gasteiger charge is 2.22. The van der Waals surface area contributed by atoms with Crippen molar-refractivity contribution < 1.29 is 0 Å². The maximum absolute atomic E-state index is 15.2. The quantitative estimate of drug-likeness (QED) is 0.143. The molecule has 10 heteroatoms. The van der Waals surface area contributed by atoms with Crippen LogP contribution in [0.1, 0.15) is 25.0 Å². The lowest BCUT2D eigenvalue weighted by Gasteiger charge is -2.20. The fourth-order valence-electron chi connectivity index (χ4n) is 10.1. The molecule has 0 aliphatic heterocycles. The lowest BCUT2D eigenvalue weighted by molar-refractivity contribution is 0.828. The van der Waals surface area contributed by atoms with Gasteiger partial charge in [-0.2, -0.15) is 0 Å². The van der Waals surface area contributed by atoms with E-state index >= 15 is 9.59 Å². The van der Waals surface area contributed by atoms with Gasteiger partial charge in [0.15, 0.2) is 10.9 Å². The van der Waals surface area contributed by atoms with Crippen LogP contribution in [0.3, 0.4) is 0 Å². The topological polar surface area (TPSA) is 53.9 Å². The van der Waals surface area contributed by atoms with E-state index in [0.717, 1.165) is 67.2 Å². The van der Waals surface area contributed by atoms with Crippen molar-refractivity contribution >= 4 is 130 Å². The van der Waals surface area contributed by atoms with Gasteiger partial charge in [-0.15, -0.1) is 45.3 Å². The fraction of sp³-hybridized carbons (Fsp3) is 0.111. The third-order valence-electron chi connectivity index (χ3n) is 13.1. The zero-order valence-electron chi connectivity index (χ0n) is 34.9. The third-order valence-corrected chi connectivity index (χ3v) is 17.6. The molecule has 64 heavy (non-hydrogen) atoms. The maximum Gasteiger partial charge on any atom is 0.197 e. The summed E-state index contributed by atoms with van der Waals surface area (Å²) in [5.74, 6) is 0. The van der Waals surface area contributed by atoms with Crippen LogP contribution >= 0.6 is 45.3 Å². The SMILES string of the molecule is CCn1c2ccsc2c2sc(-c3ccc4c(c3)c(=O)c3cc5c(cc3n4Cc3ccccc3)c(=O)c3cc(-c4cc6c(s4)c4sccc4n6CC)ccc3n5Cc3ccccc3)cc21. The minimum atomic E-state index is -0.0344. The number of aryl methyl sites for hydroxylation is 2. The van der Waals surface area contributed by atoms with Gasteiger partial charge in [-0.1, -0.05) is 72.8 Å². The molecular weight excluding hydrogens is 865 g/mol. The highest BCUT2D eigenvalue weighted by Crippen LogP contribution is 2.44. The number of hydrogen-bond donors (Lipinski definition) is 0. The van der Waals surface area contributed by atoms with Crippen molar-refractivity contribution in [3.63, 3.8) is 0 Å². The second kappa shape index (κ2) is 14.5. The van der Waals surface area contributed by atoms with E-state index in [0.29, 0.717) is 34.6 Å². The normalized spacial score (nSPS) is 12.3. The number of hydrogen-bond acceptors (Lipinski definition) is 6. The average molecular weight is 903 g/mol. The first-order valence-electron chi connectivity index (χ1n) is 21.6. The Bertz CT molecular complexity index is 3880. The van der Waals surface area contributed by atoms with Crippen LogP contribution in [0, 0.1) is 0 Å². The van der Waals surface area contributed by atoms with Gasteiger partial charge in [0.25, 0.3) is 0 Å². The first-order chi connectivity index (χ1) is 31.4. The molecule has 0 saturated carbocycles. The van der Waals surface area contributed by atoms with Crippen LogP contribution in [0.15, 0.2) is 154 Å². The molecule has 13 aromatic rings. The number of aromatic nitrogens is 4. The summed E-state index contributed by atoms with van der Waals surface area (Å²) in [6.45, 7) is 7.26. The van der Waals surface area contributed by atoms with Gasteiger partial charge in [0.2, 0.25) is 0 Å². The van der Waals surface area contributed by atoms with Crippen molar-refractivity contribution in [1.82, 2.24) is 18.3 Å². The van der Waals surface area contributed by atoms with Crippen molar-refractivity contribution in [1.29, 1.82) is 0 Å². The highest BCUT2D eigenvalue weighted by atomic mass is 32.1. The van der Waals surface area contributed by atoms with Crippen molar-refractivity contribution in [3.05, 3.63) is 176 Å². The number of fused-ring (bicyclic) bond motifs is 10. The molecule has 0 fully saturated rings. The van der Waals surface area contributed by atoms with Gasteiger partial charge in [-0.3, -0.25) is 9.59 Å². The molecule has 8 heterocycles. The van der Waals surface area contributed by atoms with E-state index in [1.165, 1.54) is 40.9 Å². The van der Waals surface area contributed by atoms with E-state index < -0.39 is 0 Å². The Balaban J connectivity index is 1.06. The molecule has 0 N–H and O–H groups in total. The summed E-state index contributed by atoms with van der Waals surface area (Å²) in [7, 11) is 0. The van der Waals surface area contributed by atoms with Crippen LogP contribution in [0.25, 0.3) is 105 Å². The van der Waals surface area contributed by atoms with Crippen LogP contribution in [0.5, 0.6) is 0 Å². The molecule has 0 aliphatic carbocycles. The van der Waals surface area contributed by atoms with E-state index in [-0.39, 0.29) is 10.9 Å². The zero-order valence-corrected chi connectivity index (χ0v) is 38.2. The molecule has 310 valence electrons. The van der Waals surface area contributed by atoms with Gasteiger partial charge in [0.1, 0.15) is 0 Å². The average Bonchev–Trinajstić information content (AvgIpc) is 4.20. The van der Waals surface area contributed by atoms with Crippen LogP contribution in [-0.2, 0) is 26.2 Å². The Morgan fingerprint density at radius 2 is 0.812 bits per heavy atom. The maximum atomic E-state index is 15.2. The number of rotatable bonds is 8. The van der Waals surface area contributed by atoms with Crippen molar-refractivity contribution in [2.24, 2.45) is 0 Å². The molecule has 6 nitrogen and oxygen atoms in total. The first-order valence-corrected chi connectivity index (χ1v) is 25.0. The van der Waals surface area contributed by atoms with Gasteiger partial charge >= 0.3 is 0 Å². The van der Waals surface area contributed by atoms with Crippen LogP contribution < -0.4 is 10.9 Å². The molecule has 0 aliphatic rings. The Kier molecular flexibility index (Phi) is 8.59. The van der Waals surface area contributed by atoms with Gasteiger partial charge in [-0.25, -0.2) is 0 Å². The molecule has 0 radical (unpaired) electrons. The lowest BCUT2D eigenvalue weighted by atomic mass is 10.0. The summed E-state index contributed by atoms with van der Waals surface area (Å²) in [5.41, 5.74) is 12.5. The highest BCUT2D eigenvalue weighted by molar-refractivity contribution is 7.29.